The fourth-order valence-electron chi connectivity index (χ4n) is 3.17. The summed E-state index contributed by atoms with van der Waals surface area (Å²) in [6.07, 6.45) is 1.99. The van der Waals surface area contributed by atoms with Crippen LogP contribution in [0.4, 0.5) is 5.95 Å². The lowest BCUT2D eigenvalue weighted by atomic mass is 10.0. The lowest BCUT2D eigenvalue weighted by Gasteiger charge is -2.35. The molecule has 1 amide bonds. The fraction of sp³-hybridized carbons (Fsp3) is 0.500. The van der Waals surface area contributed by atoms with Crippen molar-refractivity contribution in [2.75, 3.05) is 31.1 Å². The topological polar surface area (TPSA) is 54.3 Å². The van der Waals surface area contributed by atoms with Crippen molar-refractivity contribution >= 4 is 11.9 Å². The summed E-state index contributed by atoms with van der Waals surface area (Å²) in [6, 6.07) is 7.97. The number of hydrogen-bond acceptors (Lipinski definition) is 4. The van der Waals surface area contributed by atoms with Crippen LogP contribution in [0.3, 0.4) is 0 Å². The van der Waals surface area contributed by atoms with Gasteiger partial charge in [0.2, 0.25) is 5.95 Å². The molecule has 0 saturated carbocycles. The summed E-state index contributed by atoms with van der Waals surface area (Å²) < 4.78 is 1.99. The molecule has 24 heavy (non-hydrogen) atoms. The maximum absolute atomic E-state index is 12.9. The minimum Gasteiger partial charge on any atom is -0.337 e. The van der Waals surface area contributed by atoms with E-state index in [1.54, 1.807) is 0 Å². The Morgan fingerprint density at radius 1 is 1.12 bits per heavy atom. The van der Waals surface area contributed by atoms with Crippen LogP contribution >= 0.6 is 0 Å². The molecule has 2 heterocycles. The van der Waals surface area contributed by atoms with Gasteiger partial charge in [0.25, 0.3) is 5.91 Å². The Kier molecular flexibility index (Phi) is 4.83. The number of hydrogen-bond donors (Lipinski definition) is 0. The van der Waals surface area contributed by atoms with Gasteiger partial charge >= 0.3 is 0 Å². The summed E-state index contributed by atoms with van der Waals surface area (Å²) in [5, 5.41) is 8.36. The number of aryl methyl sites for hydroxylation is 2. The molecule has 2 aromatic rings. The Hall–Kier alpha value is -2.37. The number of piperazine rings is 1. The minimum absolute atomic E-state index is 0.146. The molecule has 0 N–H and O–H groups in total. The first-order valence-electron chi connectivity index (χ1n) is 8.60. The molecule has 1 aliphatic rings. The highest BCUT2D eigenvalue weighted by molar-refractivity contribution is 5.95. The van der Waals surface area contributed by atoms with Crippen LogP contribution in [0.2, 0.25) is 0 Å². The van der Waals surface area contributed by atoms with Crippen molar-refractivity contribution < 1.29 is 4.79 Å². The number of aromatic nitrogens is 3. The minimum atomic E-state index is 0.146. The van der Waals surface area contributed by atoms with E-state index < -0.39 is 0 Å². The third kappa shape index (κ3) is 3.13. The molecule has 0 unspecified atom stereocenters. The van der Waals surface area contributed by atoms with Crippen molar-refractivity contribution in [2.24, 2.45) is 7.05 Å². The summed E-state index contributed by atoms with van der Waals surface area (Å²) in [7, 11) is 1.98. The first-order chi connectivity index (χ1) is 11.6. The smallest absolute Gasteiger partial charge is 0.254 e. The van der Waals surface area contributed by atoms with E-state index in [0.717, 1.165) is 48.8 Å². The van der Waals surface area contributed by atoms with Gasteiger partial charge in [0.1, 0.15) is 5.82 Å². The Balaban J connectivity index is 1.68. The van der Waals surface area contributed by atoms with Gasteiger partial charge in [0.05, 0.1) is 0 Å². The molecule has 128 valence electrons. The Bertz CT molecular complexity index is 716. The first-order valence-corrected chi connectivity index (χ1v) is 8.60. The number of carbonyl (C=O) groups excluding carboxylic acids is 1. The molecule has 0 bridgehead atoms. The van der Waals surface area contributed by atoms with Gasteiger partial charge in [-0.25, -0.2) is 0 Å². The second kappa shape index (κ2) is 7.03. The van der Waals surface area contributed by atoms with Crippen LogP contribution in [0.25, 0.3) is 0 Å². The molecule has 1 saturated heterocycles. The highest BCUT2D eigenvalue weighted by atomic mass is 16.2. The van der Waals surface area contributed by atoms with Gasteiger partial charge in [-0.15, -0.1) is 10.2 Å². The molecule has 1 aromatic heterocycles. The van der Waals surface area contributed by atoms with Crippen molar-refractivity contribution in [1.29, 1.82) is 0 Å². The molecular formula is C18H25N5O. The quantitative estimate of drug-likeness (QED) is 0.862. The standard InChI is InChI=1S/C18H25N5O/c1-4-7-15-8-5-6-9-16(15)17(24)22-10-12-23(13-11-22)18-20-19-14(2)21(18)3/h5-6,8-9H,4,7,10-13H2,1-3H3. The van der Waals surface area contributed by atoms with Crippen molar-refractivity contribution in [1.82, 2.24) is 19.7 Å². The summed E-state index contributed by atoms with van der Waals surface area (Å²) in [5.41, 5.74) is 2.00. The van der Waals surface area contributed by atoms with E-state index in [2.05, 4.69) is 28.1 Å². The summed E-state index contributed by atoms with van der Waals surface area (Å²) in [6.45, 7) is 7.08. The normalized spacial score (nSPS) is 15.0. The van der Waals surface area contributed by atoms with Crippen molar-refractivity contribution in [2.45, 2.75) is 26.7 Å². The number of amides is 1. The van der Waals surface area contributed by atoms with Crippen molar-refractivity contribution in [3.8, 4) is 0 Å². The molecule has 1 fully saturated rings. The lowest BCUT2D eigenvalue weighted by Crippen LogP contribution is -2.49. The third-order valence-corrected chi connectivity index (χ3v) is 4.69. The second-order valence-corrected chi connectivity index (χ2v) is 6.29. The zero-order valence-corrected chi connectivity index (χ0v) is 14.7. The zero-order chi connectivity index (χ0) is 17.1. The molecule has 3 rings (SSSR count). The average Bonchev–Trinajstić information content (AvgIpc) is 2.94. The van der Waals surface area contributed by atoms with Crippen LogP contribution in [-0.4, -0.2) is 51.8 Å². The summed E-state index contributed by atoms with van der Waals surface area (Å²) >= 11 is 0. The largest absolute Gasteiger partial charge is 0.337 e. The van der Waals surface area contributed by atoms with Gasteiger partial charge in [-0.1, -0.05) is 31.5 Å². The third-order valence-electron chi connectivity index (χ3n) is 4.69. The van der Waals surface area contributed by atoms with Gasteiger partial charge < -0.3 is 14.4 Å². The Labute approximate surface area is 143 Å². The highest BCUT2D eigenvalue weighted by Gasteiger charge is 2.25. The fourth-order valence-corrected chi connectivity index (χ4v) is 3.17. The van der Waals surface area contributed by atoms with E-state index in [0.29, 0.717) is 13.1 Å². The van der Waals surface area contributed by atoms with Crippen LogP contribution < -0.4 is 4.90 Å². The van der Waals surface area contributed by atoms with Crippen molar-refractivity contribution in [3.05, 3.63) is 41.2 Å². The Morgan fingerprint density at radius 3 is 2.46 bits per heavy atom. The van der Waals surface area contributed by atoms with Crippen LogP contribution in [-0.2, 0) is 13.5 Å². The van der Waals surface area contributed by atoms with E-state index >= 15 is 0 Å². The Morgan fingerprint density at radius 2 is 1.83 bits per heavy atom. The molecule has 0 atom stereocenters. The SMILES string of the molecule is CCCc1ccccc1C(=O)N1CCN(c2nnc(C)n2C)CC1. The molecule has 6 nitrogen and oxygen atoms in total. The molecule has 1 aliphatic heterocycles. The number of rotatable bonds is 4. The maximum Gasteiger partial charge on any atom is 0.254 e. The summed E-state index contributed by atoms with van der Waals surface area (Å²) in [4.78, 5) is 17.0. The van der Waals surface area contributed by atoms with Crippen LogP contribution in [0, 0.1) is 6.92 Å². The second-order valence-electron chi connectivity index (χ2n) is 6.29. The van der Waals surface area contributed by atoms with Gasteiger partial charge in [-0.3, -0.25) is 4.79 Å². The van der Waals surface area contributed by atoms with Crippen LogP contribution in [0.5, 0.6) is 0 Å². The van der Waals surface area contributed by atoms with Gasteiger partial charge in [0, 0.05) is 38.8 Å². The molecular weight excluding hydrogens is 302 g/mol. The zero-order valence-electron chi connectivity index (χ0n) is 14.7. The highest BCUT2D eigenvalue weighted by Crippen LogP contribution is 2.18. The molecule has 1 aromatic carbocycles. The molecule has 0 aliphatic carbocycles. The monoisotopic (exact) mass is 327 g/mol. The van der Waals surface area contributed by atoms with E-state index in [9.17, 15) is 4.79 Å². The van der Waals surface area contributed by atoms with E-state index in [-0.39, 0.29) is 5.91 Å². The van der Waals surface area contributed by atoms with Crippen molar-refractivity contribution in [3.63, 3.8) is 0 Å². The number of carbonyl (C=O) groups is 1. The average molecular weight is 327 g/mol. The predicted molar refractivity (Wildman–Crippen MR) is 94.3 cm³/mol. The van der Waals surface area contributed by atoms with E-state index in [1.165, 1.54) is 0 Å². The van der Waals surface area contributed by atoms with Crippen LogP contribution in [0.15, 0.2) is 24.3 Å². The number of nitrogens with zero attached hydrogens (tertiary/aromatic N) is 5. The maximum atomic E-state index is 12.9. The van der Waals surface area contributed by atoms with E-state index in [1.807, 2.05) is 41.6 Å². The summed E-state index contributed by atoms with van der Waals surface area (Å²) in [5.74, 6) is 1.93. The lowest BCUT2D eigenvalue weighted by molar-refractivity contribution is 0.0745. The number of anilines is 1. The van der Waals surface area contributed by atoms with E-state index in [4.69, 9.17) is 0 Å². The van der Waals surface area contributed by atoms with Gasteiger partial charge in [0.15, 0.2) is 0 Å². The molecule has 6 heteroatoms. The molecule has 0 spiro atoms. The predicted octanol–water partition coefficient (Wildman–Crippen LogP) is 2.04. The van der Waals surface area contributed by atoms with Crippen LogP contribution in [0.1, 0.15) is 35.1 Å². The molecule has 0 radical (unpaired) electrons. The first kappa shape index (κ1) is 16.5. The van der Waals surface area contributed by atoms with Gasteiger partial charge in [-0.05, 0) is 25.0 Å². The van der Waals surface area contributed by atoms with Gasteiger partial charge in [-0.2, -0.15) is 0 Å². The number of benzene rings is 1.